The van der Waals surface area contributed by atoms with E-state index < -0.39 is 5.91 Å². The Labute approximate surface area is 152 Å². The fourth-order valence-electron chi connectivity index (χ4n) is 2.77. The molecule has 0 unspecified atom stereocenters. The Hall–Kier alpha value is -3.22. The molecule has 0 radical (unpaired) electrons. The minimum Gasteiger partial charge on any atom is -0.397 e. The highest BCUT2D eigenvalue weighted by molar-refractivity contribution is 7.21. The van der Waals surface area contributed by atoms with Crippen LogP contribution in [0, 0.1) is 11.3 Å². The molecule has 2 heterocycles. The van der Waals surface area contributed by atoms with Gasteiger partial charge in [-0.15, -0.1) is 11.3 Å². The molecular weight excluding hydrogens is 350 g/mol. The van der Waals surface area contributed by atoms with Crippen molar-refractivity contribution < 1.29 is 4.79 Å². The number of primary amides is 1. The van der Waals surface area contributed by atoms with Crippen molar-refractivity contribution in [1.29, 1.82) is 5.26 Å². The van der Waals surface area contributed by atoms with Crippen molar-refractivity contribution in [3.8, 4) is 17.3 Å². The number of benzene rings is 1. The first-order chi connectivity index (χ1) is 12.5. The summed E-state index contributed by atoms with van der Waals surface area (Å²) in [6, 6.07) is 9.32. The largest absolute Gasteiger partial charge is 0.397 e. The van der Waals surface area contributed by atoms with Gasteiger partial charge in [-0.05, 0) is 25.0 Å². The molecule has 0 aliphatic heterocycles. The van der Waals surface area contributed by atoms with Crippen molar-refractivity contribution in [2.75, 3.05) is 10.7 Å². The summed E-state index contributed by atoms with van der Waals surface area (Å²) in [7, 11) is 0. The number of hydrogen-bond acceptors (Lipinski definition) is 8. The van der Waals surface area contributed by atoms with Crippen molar-refractivity contribution in [3.63, 3.8) is 0 Å². The van der Waals surface area contributed by atoms with E-state index in [1.54, 1.807) is 18.2 Å². The molecule has 8 nitrogen and oxygen atoms in total. The highest BCUT2D eigenvalue weighted by Crippen LogP contribution is 2.40. The molecule has 3 aromatic rings. The second-order valence-electron chi connectivity index (χ2n) is 6.09. The Morgan fingerprint density at radius 2 is 2.12 bits per heavy atom. The van der Waals surface area contributed by atoms with E-state index in [9.17, 15) is 10.1 Å². The van der Waals surface area contributed by atoms with E-state index in [1.165, 1.54) is 5.01 Å². The van der Waals surface area contributed by atoms with E-state index in [-0.39, 0.29) is 16.6 Å². The number of anilines is 2. The Balaban J connectivity index is 2.01. The monoisotopic (exact) mass is 365 g/mol. The van der Waals surface area contributed by atoms with Crippen LogP contribution in [0.5, 0.6) is 0 Å². The number of nitrogens with two attached hydrogens (primary N) is 3. The number of amides is 1. The standard InChI is InChI=1S/C17H15N7OS/c18-7-8-2-1-3-9(6-8)13-11-12(19)14(15(20)25)26-16(11)23-17(22-13)24(21)10-4-5-10/h1-3,6,10H,4-5,19,21H2,(H2,20,25). The Bertz CT molecular complexity index is 1080. The third-order valence-corrected chi connectivity index (χ3v) is 5.35. The van der Waals surface area contributed by atoms with Gasteiger partial charge < -0.3 is 11.5 Å². The summed E-state index contributed by atoms with van der Waals surface area (Å²) in [5.74, 6) is 5.88. The lowest BCUT2D eigenvalue weighted by molar-refractivity contribution is 0.100. The molecule has 0 bridgehead atoms. The van der Waals surface area contributed by atoms with Gasteiger partial charge in [0, 0.05) is 11.6 Å². The second kappa shape index (κ2) is 5.94. The van der Waals surface area contributed by atoms with Crippen LogP contribution in [0.1, 0.15) is 28.1 Å². The second-order valence-corrected chi connectivity index (χ2v) is 7.09. The molecule has 0 atom stereocenters. The molecular formula is C17H15N7OS. The van der Waals surface area contributed by atoms with Gasteiger partial charge in [-0.2, -0.15) is 5.26 Å². The lowest BCUT2D eigenvalue weighted by Crippen LogP contribution is -2.34. The lowest BCUT2D eigenvalue weighted by atomic mass is 10.1. The molecule has 0 spiro atoms. The van der Waals surface area contributed by atoms with Gasteiger partial charge in [0.05, 0.1) is 28.4 Å². The van der Waals surface area contributed by atoms with Crippen LogP contribution in [-0.4, -0.2) is 21.9 Å². The van der Waals surface area contributed by atoms with Crippen molar-refractivity contribution >= 4 is 39.1 Å². The molecule has 26 heavy (non-hydrogen) atoms. The molecule has 1 saturated carbocycles. The number of fused-ring (bicyclic) bond motifs is 1. The van der Waals surface area contributed by atoms with Crippen molar-refractivity contribution in [2.24, 2.45) is 11.6 Å². The van der Waals surface area contributed by atoms with Crippen molar-refractivity contribution in [1.82, 2.24) is 9.97 Å². The smallest absolute Gasteiger partial charge is 0.260 e. The maximum atomic E-state index is 11.7. The van der Waals surface area contributed by atoms with Gasteiger partial charge in [0.1, 0.15) is 9.71 Å². The van der Waals surface area contributed by atoms with Crippen LogP contribution >= 0.6 is 11.3 Å². The van der Waals surface area contributed by atoms with E-state index in [0.29, 0.717) is 33.0 Å². The number of rotatable bonds is 4. The average molecular weight is 365 g/mol. The maximum absolute atomic E-state index is 11.7. The van der Waals surface area contributed by atoms with Crippen LogP contribution in [-0.2, 0) is 0 Å². The number of nitriles is 1. The van der Waals surface area contributed by atoms with E-state index in [4.69, 9.17) is 17.3 Å². The quantitative estimate of drug-likeness (QED) is 0.471. The van der Waals surface area contributed by atoms with Crippen LogP contribution in [0.4, 0.5) is 11.6 Å². The average Bonchev–Trinajstić information content (AvgIpc) is 3.44. The number of carbonyl (C=O) groups excluding carboxylic acids is 1. The van der Waals surface area contributed by atoms with Gasteiger partial charge in [-0.3, -0.25) is 9.80 Å². The zero-order valence-corrected chi connectivity index (χ0v) is 14.5. The van der Waals surface area contributed by atoms with E-state index in [1.807, 2.05) is 6.07 Å². The number of thiophene rings is 1. The SMILES string of the molecule is N#Cc1cccc(-c2nc(N(N)C3CC3)nc3sc(C(N)=O)c(N)c23)c1. The molecule has 1 amide bonds. The molecule has 1 fully saturated rings. The van der Waals surface area contributed by atoms with Crippen LogP contribution in [0.15, 0.2) is 24.3 Å². The summed E-state index contributed by atoms with van der Waals surface area (Å²) in [6.45, 7) is 0. The summed E-state index contributed by atoms with van der Waals surface area (Å²) in [5.41, 5.74) is 13.6. The molecule has 1 aromatic carbocycles. The molecule has 6 N–H and O–H groups in total. The predicted octanol–water partition coefficient (Wildman–Crippen LogP) is 1.75. The first kappa shape index (κ1) is 16.3. The van der Waals surface area contributed by atoms with Gasteiger partial charge in [0.25, 0.3) is 5.91 Å². The predicted molar refractivity (Wildman–Crippen MR) is 100 cm³/mol. The van der Waals surface area contributed by atoms with E-state index in [2.05, 4.69) is 16.0 Å². The third-order valence-electron chi connectivity index (χ3n) is 4.24. The first-order valence-corrected chi connectivity index (χ1v) is 8.75. The number of hydrogen-bond donors (Lipinski definition) is 3. The first-order valence-electron chi connectivity index (χ1n) is 7.94. The lowest BCUT2D eigenvalue weighted by Gasteiger charge is -2.17. The van der Waals surface area contributed by atoms with Gasteiger partial charge in [-0.25, -0.2) is 15.8 Å². The van der Waals surface area contributed by atoms with Gasteiger partial charge in [0.2, 0.25) is 5.95 Å². The van der Waals surface area contributed by atoms with Crippen molar-refractivity contribution in [3.05, 3.63) is 34.7 Å². The molecule has 4 rings (SSSR count). The van der Waals surface area contributed by atoms with Crippen LogP contribution in [0.25, 0.3) is 21.5 Å². The zero-order chi connectivity index (χ0) is 18.4. The fraction of sp³-hybridized carbons (Fsp3) is 0.176. The number of aromatic nitrogens is 2. The Morgan fingerprint density at radius 3 is 2.77 bits per heavy atom. The number of nitrogen functional groups attached to an aromatic ring is 1. The van der Waals surface area contributed by atoms with Crippen molar-refractivity contribution in [2.45, 2.75) is 18.9 Å². The summed E-state index contributed by atoms with van der Waals surface area (Å²) in [5, 5.41) is 11.3. The topological polar surface area (TPSA) is 148 Å². The number of nitrogens with zero attached hydrogens (tertiary/aromatic N) is 4. The zero-order valence-electron chi connectivity index (χ0n) is 13.6. The molecule has 130 valence electrons. The molecule has 1 aliphatic carbocycles. The minimum atomic E-state index is -0.615. The minimum absolute atomic E-state index is 0.207. The van der Waals surface area contributed by atoms with E-state index >= 15 is 0 Å². The van der Waals surface area contributed by atoms with E-state index in [0.717, 1.165) is 24.2 Å². The summed E-state index contributed by atoms with van der Waals surface area (Å²) >= 11 is 1.12. The normalized spacial score (nSPS) is 13.5. The Kier molecular flexibility index (Phi) is 3.72. The fourth-order valence-corrected chi connectivity index (χ4v) is 3.71. The summed E-state index contributed by atoms with van der Waals surface area (Å²) < 4.78 is 0. The van der Waals surface area contributed by atoms with Crippen LogP contribution in [0.3, 0.4) is 0 Å². The summed E-state index contributed by atoms with van der Waals surface area (Å²) in [6.07, 6.45) is 1.96. The summed E-state index contributed by atoms with van der Waals surface area (Å²) in [4.78, 5) is 21.6. The van der Waals surface area contributed by atoms with Gasteiger partial charge in [0.15, 0.2) is 0 Å². The highest BCUT2D eigenvalue weighted by Gasteiger charge is 2.30. The molecule has 2 aromatic heterocycles. The van der Waals surface area contributed by atoms with Gasteiger partial charge >= 0.3 is 0 Å². The van der Waals surface area contributed by atoms with Crippen LogP contribution in [0.2, 0.25) is 0 Å². The Morgan fingerprint density at radius 1 is 1.35 bits per heavy atom. The van der Waals surface area contributed by atoms with Gasteiger partial charge in [-0.1, -0.05) is 12.1 Å². The number of carbonyl (C=O) groups is 1. The third kappa shape index (κ3) is 2.61. The highest BCUT2D eigenvalue weighted by atomic mass is 32.1. The maximum Gasteiger partial charge on any atom is 0.260 e. The molecule has 9 heteroatoms. The number of hydrazine groups is 1. The molecule has 0 saturated heterocycles. The molecule has 1 aliphatic rings. The van der Waals surface area contributed by atoms with Crippen LogP contribution < -0.4 is 22.3 Å².